The van der Waals surface area contributed by atoms with Gasteiger partial charge in [0.1, 0.15) is 0 Å². The van der Waals surface area contributed by atoms with Gasteiger partial charge in [-0.1, -0.05) is 6.92 Å². The molecule has 2 fully saturated rings. The van der Waals surface area contributed by atoms with Crippen LogP contribution in [-0.4, -0.2) is 74.7 Å². The van der Waals surface area contributed by atoms with Gasteiger partial charge in [0.05, 0.1) is 6.54 Å². The van der Waals surface area contributed by atoms with Gasteiger partial charge in [0.25, 0.3) is 0 Å². The molecule has 0 aromatic rings. The highest BCUT2D eigenvalue weighted by Crippen LogP contribution is 2.41. The minimum absolute atomic E-state index is 0.158. The summed E-state index contributed by atoms with van der Waals surface area (Å²) in [6, 6.07) is 0.791. The molecule has 2 saturated heterocycles. The molecule has 2 unspecified atom stereocenters. The third-order valence-electron chi connectivity index (χ3n) is 5.18. The largest absolute Gasteiger partial charge is 0.381 e. The maximum atomic E-state index is 12.1. The molecule has 21 heavy (non-hydrogen) atoms. The SMILES string of the molecule is CCC(C)NC(=O)CN1CC(N(C)C)C2(CCOCC2)C1. The number of rotatable bonds is 5. The van der Waals surface area contributed by atoms with Gasteiger partial charge in [0, 0.05) is 43.8 Å². The summed E-state index contributed by atoms with van der Waals surface area (Å²) in [5, 5.41) is 3.07. The Morgan fingerprint density at radius 1 is 1.43 bits per heavy atom. The molecule has 1 amide bonds. The zero-order valence-corrected chi connectivity index (χ0v) is 14.0. The van der Waals surface area contributed by atoms with Crippen molar-refractivity contribution in [1.29, 1.82) is 0 Å². The van der Waals surface area contributed by atoms with Crippen LogP contribution in [0.5, 0.6) is 0 Å². The number of likely N-dealkylation sites (N-methyl/N-ethyl adjacent to an activating group) is 1. The van der Waals surface area contributed by atoms with Crippen LogP contribution in [0.15, 0.2) is 0 Å². The van der Waals surface area contributed by atoms with Crippen molar-refractivity contribution in [3.05, 3.63) is 0 Å². The Bertz CT molecular complexity index is 353. The van der Waals surface area contributed by atoms with E-state index in [9.17, 15) is 4.79 Å². The molecular weight excluding hydrogens is 266 g/mol. The Morgan fingerprint density at radius 3 is 2.67 bits per heavy atom. The minimum atomic E-state index is 0.158. The average molecular weight is 297 g/mol. The van der Waals surface area contributed by atoms with Gasteiger partial charge >= 0.3 is 0 Å². The molecule has 2 atom stereocenters. The van der Waals surface area contributed by atoms with E-state index in [2.05, 4.69) is 43.1 Å². The average Bonchev–Trinajstić information content (AvgIpc) is 2.77. The number of carbonyl (C=O) groups excluding carboxylic acids is 1. The number of nitrogens with one attached hydrogen (secondary N) is 1. The van der Waals surface area contributed by atoms with Gasteiger partial charge in [0.15, 0.2) is 0 Å². The van der Waals surface area contributed by atoms with Crippen LogP contribution in [0.25, 0.3) is 0 Å². The van der Waals surface area contributed by atoms with Crippen LogP contribution < -0.4 is 5.32 Å². The Morgan fingerprint density at radius 2 is 2.10 bits per heavy atom. The first kappa shape index (κ1) is 16.7. The minimum Gasteiger partial charge on any atom is -0.381 e. The van der Waals surface area contributed by atoms with Crippen LogP contribution in [0.3, 0.4) is 0 Å². The first-order chi connectivity index (χ1) is 9.97. The Labute approximate surface area is 129 Å². The number of nitrogens with zero attached hydrogens (tertiary/aromatic N) is 2. The lowest BCUT2D eigenvalue weighted by Gasteiger charge is -2.40. The van der Waals surface area contributed by atoms with Crippen molar-refractivity contribution >= 4 is 5.91 Å². The maximum Gasteiger partial charge on any atom is 0.234 e. The number of ether oxygens (including phenoxy) is 1. The summed E-state index contributed by atoms with van der Waals surface area (Å²) >= 11 is 0. The predicted molar refractivity (Wildman–Crippen MR) is 84.3 cm³/mol. The van der Waals surface area contributed by atoms with Crippen LogP contribution in [0.2, 0.25) is 0 Å². The normalized spacial score (nSPS) is 27.2. The fraction of sp³-hybridized carbons (Fsp3) is 0.938. The molecule has 0 aliphatic carbocycles. The number of carbonyl (C=O) groups is 1. The molecule has 1 N–H and O–H groups in total. The van der Waals surface area contributed by atoms with E-state index in [1.54, 1.807) is 0 Å². The van der Waals surface area contributed by atoms with Crippen LogP contribution in [-0.2, 0) is 9.53 Å². The summed E-state index contributed by atoms with van der Waals surface area (Å²) in [7, 11) is 4.31. The zero-order chi connectivity index (χ0) is 15.5. The van der Waals surface area contributed by atoms with Gasteiger partial charge in [-0.05, 0) is 40.3 Å². The van der Waals surface area contributed by atoms with Crippen LogP contribution in [0.1, 0.15) is 33.1 Å². The number of hydrogen-bond acceptors (Lipinski definition) is 4. The van der Waals surface area contributed by atoms with Crippen LogP contribution in [0.4, 0.5) is 0 Å². The summed E-state index contributed by atoms with van der Waals surface area (Å²) in [5.74, 6) is 0.158. The number of hydrogen-bond donors (Lipinski definition) is 1. The van der Waals surface area contributed by atoms with Crippen molar-refractivity contribution in [1.82, 2.24) is 15.1 Å². The lowest BCUT2D eigenvalue weighted by atomic mass is 9.75. The van der Waals surface area contributed by atoms with Crippen LogP contribution in [0, 0.1) is 5.41 Å². The van der Waals surface area contributed by atoms with Crippen molar-refractivity contribution in [3.8, 4) is 0 Å². The molecule has 122 valence electrons. The molecule has 2 aliphatic heterocycles. The van der Waals surface area contributed by atoms with E-state index in [1.807, 2.05) is 0 Å². The summed E-state index contributed by atoms with van der Waals surface area (Å²) in [6.45, 7) is 8.41. The molecule has 0 saturated carbocycles. The number of likely N-dealkylation sites (tertiary alicyclic amines) is 1. The van der Waals surface area contributed by atoms with E-state index >= 15 is 0 Å². The zero-order valence-electron chi connectivity index (χ0n) is 14.0. The summed E-state index contributed by atoms with van der Waals surface area (Å²) in [6.07, 6.45) is 3.20. The van der Waals surface area contributed by atoms with Crippen molar-refractivity contribution in [2.24, 2.45) is 5.41 Å². The van der Waals surface area contributed by atoms with Gasteiger partial charge < -0.3 is 15.0 Å². The maximum absolute atomic E-state index is 12.1. The quantitative estimate of drug-likeness (QED) is 0.820. The summed E-state index contributed by atoms with van der Waals surface area (Å²) < 4.78 is 5.55. The molecule has 2 heterocycles. The highest BCUT2D eigenvalue weighted by molar-refractivity contribution is 5.78. The lowest BCUT2D eigenvalue weighted by molar-refractivity contribution is -0.122. The topological polar surface area (TPSA) is 44.8 Å². The Hall–Kier alpha value is -0.650. The van der Waals surface area contributed by atoms with Gasteiger partial charge in [-0.3, -0.25) is 9.69 Å². The van der Waals surface area contributed by atoms with Gasteiger partial charge in [-0.25, -0.2) is 0 Å². The highest BCUT2D eigenvalue weighted by atomic mass is 16.5. The Kier molecular flexibility index (Phi) is 5.63. The monoisotopic (exact) mass is 297 g/mol. The first-order valence-corrected chi connectivity index (χ1v) is 8.23. The van der Waals surface area contributed by atoms with E-state index in [1.165, 1.54) is 0 Å². The van der Waals surface area contributed by atoms with Crippen molar-refractivity contribution in [2.45, 2.75) is 45.2 Å². The standard InChI is InChI=1S/C16H31N3O2/c1-5-13(2)17-15(20)11-19-10-14(18(3)4)16(12-19)6-8-21-9-7-16/h13-14H,5-12H2,1-4H3,(H,17,20). The van der Waals surface area contributed by atoms with Gasteiger partial charge in [0.2, 0.25) is 5.91 Å². The molecule has 0 bridgehead atoms. The molecule has 5 nitrogen and oxygen atoms in total. The molecule has 5 heteroatoms. The fourth-order valence-corrected chi connectivity index (χ4v) is 3.78. The van der Waals surface area contributed by atoms with E-state index in [4.69, 9.17) is 4.74 Å². The molecular formula is C16H31N3O2. The van der Waals surface area contributed by atoms with E-state index < -0.39 is 0 Å². The number of amides is 1. The predicted octanol–water partition coefficient (Wildman–Crippen LogP) is 0.944. The third kappa shape index (κ3) is 3.96. The fourth-order valence-electron chi connectivity index (χ4n) is 3.78. The molecule has 2 rings (SSSR count). The van der Waals surface area contributed by atoms with E-state index in [0.717, 1.165) is 45.6 Å². The van der Waals surface area contributed by atoms with Gasteiger partial charge in [-0.15, -0.1) is 0 Å². The van der Waals surface area contributed by atoms with Crippen LogP contribution >= 0.6 is 0 Å². The second-order valence-corrected chi connectivity index (χ2v) is 7.00. The molecule has 0 aromatic heterocycles. The lowest BCUT2D eigenvalue weighted by Crippen LogP contribution is -2.46. The molecule has 2 aliphatic rings. The van der Waals surface area contributed by atoms with Crippen molar-refractivity contribution < 1.29 is 9.53 Å². The van der Waals surface area contributed by atoms with Gasteiger partial charge in [-0.2, -0.15) is 0 Å². The molecule has 1 spiro atoms. The second-order valence-electron chi connectivity index (χ2n) is 7.00. The first-order valence-electron chi connectivity index (χ1n) is 8.23. The second kappa shape index (κ2) is 7.07. The molecule has 0 radical (unpaired) electrons. The van der Waals surface area contributed by atoms with E-state index in [-0.39, 0.29) is 11.9 Å². The van der Waals surface area contributed by atoms with Crippen molar-refractivity contribution in [2.75, 3.05) is 46.9 Å². The highest BCUT2D eigenvalue weighted by Gasteiger charge is 2.48. The summed E-state index contributed by atoms with van der Waals surface area (Å²) in [4.78, 5) is 16.8. The van der Waals surface area contributed by atoms with Crippen molar-refractivity contribution in [3.63, 3.8) is 0 Å². The Balaban J connectivity index is 1.96. The molecule has 0 aromatic carbocycles. The smallest absolute Gasteiger partial charge is 0.234 e. The summed E-state index contributed by atoms with van der Waals surface area (Å²) in [5.41, 5.74) is 0.304. The third-order valence-corrected chi connectivity index (χ3v) is 5.18. The van der Waals surface area contributed by atoms with E-state index in [0.29, 0.717) is 18.0 Å².